The van der Waals surface area contributed by atoms with Gasteiger partial charge in [0.25, 0.3) is 0 Å². The van der Waals surface area contributed by atoms with Gasteiger partial charge in [-0.15, -0.1) is 0 Å². The summed E-state index contributed by atoms with van der Waals surface area (Å²) in [6, 6.07) is 9.16. The third-order valence-electron chi connectivity index (χ3n) is 14.5. The fourth-order valence-corrected chi connectivity index (χ4v) is 10.6. The third kappa shape index (κ3) is 7.70. The van der Waals surface area contributed by atoms with Crippen LogP contribution in [0.5, 0.6) is 0 Å². The molecule has 0 aromatic carbocycles. The Hall–Kier alpha value is -5.48. The van der Waals surface area contributed by atoms with Crippen LogP contribution in [0.15, 0.2) is 97.2 Å². The van der Waals surface area contributed by atoms with E-state index in [0.717, 1.165) is 122 Å². The molecule has 306 valence electrons. The first-order valence-electron chi connectivity index (χ1n) is 22.6. The largest absolute Gasteiger partial charge is 0.354 e. The zero-order valence-corrected chi connectivity index (χ0v) is 36.4. The Labute approximate surface area is 357 Å². The van der Waals surface area contributed by atoms with Crippen molar-refractivity contribution in [3.63, 3.8) is 0 Å². The second-order valence-corrected chi connectivity index (χ2v) is 18.7. The van der Waals surface area contributed by atoms with Gasteiger partial charge in [0, 0.05) is 44.3 Å². The van der Waals surface area contributed by atoms with Crippen LogP contribution in [-0.2, 0) is 0 Å². The summed E-state index contributed by atoms with van der Waals surface area (Å²) < 4.78 is 0. The number of hydrogen-bond donors (Lipinski definition) is 2. The molecule has 4 nitrogen and oxygen atoms in total. The van der Waals surface area contributed by atoms with Gasteiger partial charge in [-0.25, -0.2) is 9.97 Å². The Kier molecular flexibility index (Phi) is 11.0. The molecule has 5 heterocycles. The average Bonchev–Trinajstić information content (AvgIpc) is 4.10. The second-order valence-electron chi connectivity index (χ2n) is 18.7. The van der Waals surface area contributed by atoms with E-state index in [1.807, 2.05) is 0 Å². The van der Waals surface area contributed by atoms with Crippen LogP contribution in [0, 0.1) is 23.7 Å². The Morgan fingerprint density at radius 3 is 0.833 bits per heavy atom. The van der Waals surface area contributed by atoms with Crippen LogP contribution in [0.3, 0.4) is 0 Å². The van der Waals surface area contributed by atoms with Gasteiger partial charge in [-0.05, 0) is 199 Å². The van der Waals surface area contributed by atoms with E-state index < -0.39 is 0 Å². The van der Waals surface area contributed by atoms with Gasteiger partial charge in [0.1, 0.15) is 0 Å². The van der Waals surface area contributed by atoms with Crippen molar-refractivity contribution in [3.05, 3.63) is 142 Å². The van der Waals surface area contributed by atoms with Gasteiger partial charge in [-0.1, -0.05) is 72.9 Å². The molecular formula is C56H62N4. The summed E-state index contributed by atoms with van der Waals surface area (Å²) in [5.74, 6) is 2.07. The van der Waals surface area contributed by atoms with Crippen molar-refractivity contribution < 1.29 is 0 Å². The van der Waals surface area contributed by atoms with Gasteiger partial charge in [0.05, 0.1) is 22.8 Å². The SMILES string of the molecule is C=C(C)[C@@H]1CC=C(c2c3nc(c(C4=CC[C@@H](C(=C)C)CC4)c4ccc([nH]4)c(C4=CC[C@@H](C(=C)C)CC4)c4nc(c(C5=CC[C@@H](C(=C)C)CC5)c5ccc2[nH]5)C=C4)C=C3)CC1. The second kappa shape index (κ2) is 16.5. The first kappa shape index (κ1) is 40.0. The predicted molar refractivity (Wildman–Crippen MR) is 259 cm³/mol. The Bertz CT molecular complexity index is 2330. The molecule has 0 amide bonds. The van der Waals surface area contributed by atoms with Crippen molar-refractivity contribution in [3.8, 4) is 0 Å². The molecule has 4 heteroatoms. The highest BCUT2D eigenvalue weighted by molar-refractivity contribution is 5.96. The van der Waals surface area contributed by atoms with Gasteiger partial charge in [-0.3, -0.25) is 0 Å². The van der Waals surface area contributed by atoms with E-state index in [2.05, 4.69) is 137 Å². The molecule has 0 radical (unpaired) electrons. The first-order chi connectivity index (χ1) is 29.0. The van der Waals surface area contributed by atoms with Crippen molar-refractivity contribution in [1.82, 2.24) is 19.9 Å². The minimum Gasteiger partial charge on any atom is -0.354 e. The highest BCUT2D eigenvalue weighted by atomic mass is 14.8. The molecule has 0 spiro atoms. The van der Waals surface area contributed by atoms with Crippen LogP contribution < -0.4 is 0 Å². The number of H-pyrrole nitrogens is 2. The van der Waals surface area contributed by atoms with Crippen molar-refractivity contribution >= 4 is 68.7 Å². The Morgan fingerprint density at radius 2 is 0.650 bits per heavy atom. The van der Waals surface area contributed by atoms with Gasteiger partial charge >= 0.3 is 0 Å². The van der Waals surface area contributed by atoms with E-state index in [0.29, 0.717) is 23.7 Å². The highest BCUT2D eigenvalue weighted by Crippen LogP contribution is 2.43. The average molecular weight is 791 g/mol. The van der Waals surface area contributed by atoms with Crippen molar-refractivity contribution in [2.75, 3.05) is 0 Å². The fourth-order valence-electron chi connectivity index (χ4n) is 10.6. The molecule has 0 saturated carbocycles. The van der Waals surface area contributed by atoms with Crippen LogP contribution in [0.2, 0.25) is 0 Å². The number of nitrogens with zero attached hydrogens (tertiary/aromatic N) is 2. The molecule has 9 rings (SSSR count). The normalized spacial score (nSPS) is 22.7. The molecule has 0 unspecified atom stereocenters. The zero-order valence-electron chi connectivity index (χ0n) is 36.4. The summed E-state index contributed by atoms with van der Waals surface area (Å²) >= 11 is 0. The first-order valence-corrected chi connectivity index (χ1v) is 22.6. The quantitative estimate of drug-likeness (QED) is 0.154. The lowest BCUT2D eigenvalue weighted by atomic mass is 9.83. The summed E-state index contributed by atoms with van der Waals surface area (Å²) in [7, 11) is 0. The van der Waals surface area contributed by atoms with Gasteiger partial charge in [0.2, 0.25) is 0 Å². The molecule has 4 atom stereocenters. The van der Waals surface area contributed by atoms with E-state index in [9.17, 15) is 0 Å². The number of aromatic nitrogens is 4. The third-order valence-corrected chi connectivity index (χ3v) is 14.5. The minimum atomic E-state index is 0.517. The zero-order chi connectivity index (χ0) is 41.7. The standard InChI is InChI=1S/C56H62N4/c1-33(2)37-9-17-41(18-10-37)53-45-25-27-47(57-45)54(42-19-11-38(12-20-42)34(3)4)49-29-31-51(59-49)56(44-23-15-40(16-24-44)36(7)8)52-32-30-50(60-52)55(48-28-26-46(53)58-48)43-21-13-39(14-22-43)35(5)6/h17,19,21,23,25-32,37-40,57,60H,1,3,5,7,9-16,18,20,22,24H2,2,4,6,8H3/t37-,38-,39-,40-/m1/s1. The molecular weight excluding hydrogens is 729 g/mol. The molecule has 2 aliphatic heterocycles. The number of rotatable bonds is 8. The predicted octanol–water partition coefficient (Wildman–Crippen LogP) is 15.7. The van der Waals surface area contributed by atoms with Crippen molar-refractivity contribution in [2.24, 2.45) is 23.7 Å². The van der Waals surface area contributed by atoms with E-state index in [4.69, 9.17) is 9.97 Å². The fraction of sp³-hybridized carbons (Fsp3) is 0.357. The Balaban J connectivity index is 1.36. The van der Waals surface area contributed by atoms with Crippen LogP contribution in [0.4, 0.5) is 0 Å². The number of fused-ring (bicyclic) bond motifs is 8. The summed E-state index contributed by atoms with van der Waals surface area (Å²) in [6.45, 7) is 26.0. The molecule has 0 fully saturated rings. The summed E-state index contributed by atoms with van der Waals surface area (Å²) in [5.41, 5.74) is 23.9. The highest BCUT2D eigenvalue weighted by Gasteiger charge is 2.26. The molecule has 4 aliphatic carbocycles. The summed E-state index contributed by atoms with van der Waals surface area (Å²) in [5, 5.41) is 0. The van der Waals surface area contributed by atoms with E-state index in [1.54, 1.807) is 0 Å². The number of aromatic amines is 2. The lowest BCUT2D eigenvalue weighted by Crippen LogP contribution is -2.07. The summed E-state index contributed by atoms with van der Waals surface area (Å²) in [4.78, 5) is 19.2. The van der Waals surface area contributed by atoms with Gasteiger partial charge in [0.15, 0.2) is 0 Å². The molecule has 0 saturated heterocycles. The smallest absolute Gasteiger partial charge is 0.0733 e. The van der Waals surface area contributed by atoms with Crippen LogP contribution in [0.1, 0.15) is 150 Å². The molecule has 60 heavy (non-hydrogen) atoms. The lowest BCUT2D eigenvalue weighted by molar-refractivity contribution is 0.562. The van der Waals surface area contributed by atoms with Gasteiger partial charge in [-0.2, -0.15) is 0 Å². The van der Waals surface area contributed by atoms with Crippen LogP contribution >= 0.6 is 0 Å². The molecule has 6 aliphatic rings. The Morgan fingerprint density at radius 1 is 0.417 bits per heavy atom. The molecule has 3 aromatic rings. The number of hydrogen-bond acceptors (Lipinski definition) is 2. The maximum atomic E-state index is 5.61. The lowest BCUT2D eigenvalue weighted by Gasteiger charge is -2.23. The van der Waals surface area contributed by atoms with Crippen molar-refractivity contribution in [1.29, 1.82) is 0 Å². The number of nitrogens with one attached hydrogen (secondary N) is 2. The maximum Gasteiger partial charge on any atom is 0.0733 e. The topological polar surface area (TPSA) is 57.4 Å². The maximum absolute atomic E-state index is 5.61. The van der Waals surface area contributed by atoms with E-state index in [-0.39, 0.29) is 0 Å². The van der Waals surface area contributed by atoms with Crippen molar-refractivity contribution in [2.45, 2.75) is 105 Å². The monoisotopic (exact) mass is 790 g/mol. The van der Waals surface area contributed by atoms with E-state index in [1.165, 1.54) is 66.8 Å². The minimum absolute atomic E-state index is 0.517. The van der Waals surface area contributed by atoms with Crippen LogP contribution in [0.25, 0.3) is 68.7 Å². The number of allylic oxidation sites excluding steroid dienone is 12. The van der Waals surface area contributed by atoms with Gasteiger partial charge < -0.3 is 9.97 Å². The molecule has 3 aromatic heterocycles. The summed E-state index contributed by atoms with van der Waals surface area (Å²) in [6.07, 6.45) is 31.3. The van der Waals surface area contributed by atoms with Crippen LogP contribution in [-0.4, -0.2) is 19.9 Å². The van der Waals surface area contributed by atoms with E-state index >= 15 is 0 Å². The molecule has 8 bridgehead atoms. The molecule has 2 N–H and O–H groups in total.